The van der Waals surface area contributed by atoms with E-state index >= 15 is 0 Å². The number of carbonyl (C=O) groups is 2. The van der Waals surface area contributed by atoms with Crippen molar-refractivity contribution in [2.24, 2.45) is 0 Å². The summed E-state index contributed by atoms with van der Waals surface area (Å²) in [7, 11) is 3.76. The van der Waals surface area contributed by atoms with Crippen LogP contribution < -0.4 is 0 Å². The number of ether oxygens (including phenoxy) is 3. The average Bonchev–Trinajstić information content (AvgIpc) is 2.37. The van der Waals surface area contributed by atoms with E-state index in [4.69, 9.17) is 4.74 Å². The highest BCUT2D eigenvalue weighted by atomic mass is 16.5. The molecule has 0 fully saturated rings. The topological polar surface area (TPSA) is 95.0 Å². The van der Waals surface area contributed by atoms with Crippen LogP contribution in [-0.2, 0) is 20.8 Å². The summed E-state index contributed by atoms with van der Waals surface area (Å²) in [6, 6.07) is 1.16. The summed E-state index contributed by atoms with van der Waals surface area (Å²) in [5.41, 5.74) is 0.00445. The van der Waals surface area contributed by atoms with Crippen molar-refractivity contribution in [3.8, 4) is 5.88 Å². The predicted molar refractivity (Wildman–Crippen MR) is 59.3 cm³/mol. The van der Waals surface area contributed by atoms with Gasteiger partial charge in [0.2, 0.25) is 5.88 Å². The molecule has 0 spiro atoms. The monoisotopic (exact) mass is 255 g/mol. The van der Waals surface area contributed by atoms with Gasteiger partial charge in [-0.3, -0.25) is 0 Å². The lowest BCUT2D eigenvalue weighted by Crippen LogP contribution is -2.12. The lowest BCUT2D eigenvalue weighted by atomic mass is 10.1. The third-order valence-electron chi connectivity index (χ3n) is 2.17. The van der Waals surface area contributed by atoms with Crippen molar-refractivity contribution in [2.75, 3.05) is 21.3 Å². The second-order valence-electron chi connectivity index (χ2n) is 3.27. The maximum atomic E-state index is 11.5. The Morgan fingerprint density at radius 2 is 1.72 bits per heavy atom. The van der Waals surface area contributed by atoms with Gasteiger partial charge >= 0.3 is 11.9 Å². The van der Waals surface area contributed by atoms with E-state index in [2.05, 4.69) is 14.5 Å². The molecule has 0 aliphatic heterocycles. The van der Waals surface area contributed by atoms with Gasteiger partial charge in [-0.25, -0.2) is 14.6 Å². The van der Waals surface area contributed by atoms with E-state index in [1.165, 1.54) is 14.2 Å². The summed E-state index contributed by atoms with van der Waals surface area (Å²) < 4.78 is 13.9. The summed E-state index contributed by atoms with van der Waals surface area (Å²) in [4.78, 5) is 26.6. The van der Waals surface area contributed by atoms with Gasteiger partial charge in [0.05, 0.1) is 32.1 Å². The molecule has 0 unspecified atom stereocenters. The fourth-order valence-electron chi connectivity index (χ4n) is 1.33. The third-order valence-corrected chi connectivity index (χ3v) is 2.17. The molecule has 7 nitrogen and oxygen atoms in total. The van der Waals surface area contributed by atoms with E-state index in [0.717, 1.165) is 13.2 Å². The van der Waals surface area contributed by atoms with Gasteiger partial charge in [-0.2, -0.15) is 0 Å². The lowest BCUT2D eigenvalue weighted by Gasteiger charge is -2.09. The number of nitrogens with zero attached hydrogens (tertiary/aromatic N) is 1. The second-order valence-corrected chi connectivity index (χ2v) is 3.27. The van der Waals surface area contributed by atoms with Crippen molar-refractivity contribution in [1.82, 2.24) is 4.98 Å². The molecule has 0 atom stereocenters. The van der Waals surface area contributed by atoms with Crippen molar-refractivity contribution < 1.29 is 28.9 Å². The molecule has 98 valence electrons. The average molecular weight is 255 g/mol. The van der Waals surface area contributed by atoms with E-state index in [-0.39, 0.29) is 23.4 Å². The number of aromatic nitrogens is 1. The molecule has 1 aromatic rings. The minimum absolute atomic E-state index is 0.000550. The van der Waals surface area contributed by atoms with E-state index in [9.17, 15) is 14.7 Å². The normalized spacial score (nSPS) is 9.94. The van der Waals surface area contributed by atoms with E-state index < -0.39 is 17.8 Å². The Hall–Kier alpha value is -2.15. The second kappa shape index (κ2) is 5.97. The number of pyridine rings is 1. The van der Waals surface area contributed by atoms with Crippen LogP contribution in [0, 0.1) is 0 Å². The molecule has 7 heteroatoms. The Bertz CT molecular complexity index is 471. The zero-order valence-electron chi connectivity index (χ0n) is 10.2. The summed E-state index contributed by atoms with van der Waals surface area (Å²) in [5, 5.41) is 9.58. The van der Waals surface area contributed by atoms with Gasteiger partial charge in [-0.05, 0) is 6.07 Å². The van der Waals surface area contributed by atoms with Crippen molar-refractivity contribution >= 4 is 11.9 Å². The van der Waals surface area contributed by atoms with Crippen molar-refractivity contribution in [2.45, 2.75) is 6.61 Å². The molecule has 0 aliphatic carbocycles. The first-order valence-electron chi connectivity index (χ1n) is 4.93. The van der Waals surface area contributed by atoms with Gasteiger partial charge in [-0.1, -0.05) is 0 Å². The Morgan fingerprint density at radius 1 is 1.17 bits per heavy atom. The Morgan fingerprint density at radius 3 is 2.22 bits per heavy atom. The molecule has 0 bridgehead atoms. The smallest absolute Gasteiger partial charge is 0.343 e. The van der Waals surface area contributed by atoms with Gasteiger partial charge in [0, 0.05) is 7.11 Å². The molecule has 0 saturated carbocycles. The number of rotatable bonds is 4. The van der Waals surface area contributed by atoms with Crippen LogP contribution in [0.25, 0.3) is 0 Å². The highest BCUT2D eigenvalue weighted by molar-refractivity contribution is 5.97. The molecule has 1 heterocycles. The SMILES string of the molecule is COCc1nc(O)c(C(=O)OC)cc1C(=O)OC. The van der Waals surface area contributed by atoms with Crippen LogP contribution in [0.2, 0.25) is 0 Å². The van der Waals surface area contributed by atoms with Crippen molar-refractivity contribution in [3.05, 3.63) is 22.9 Å². The molecule has 0 amide bonds. The summed E-state index contributed by atoms with van der Waals surface area (Å²) in [6.45, 7) is -0.000550. The Kier molecular flexibility index (Phi) is 4.61. The third kappa shape index (κ3) is 2.75. The summed E-state index contributed by atoms with van der Waals surface area (Å²) >= 11 is 0. The van der Waals surface area contributed by atoms with Crippen LogP contribution in [0.4, 0.5) is 0 Å². The molecule has 1 aromatic heterocycles. The highest BCUT2D eigenvalue weighted by Gasteiger charge is 2.21. The minimum Gasteiger partial charge on any atom is -0.493 e. The summed E-state index contributed by atoms with van der Waals surface area (Å²) in [6.07, 6.45) is 0. The molecular weight excluding hydrogens is 242 g/mol. The van der Waals surface area contributed by atoms with Crippen LogP contribution in [0.1, 0.15) is 26.4 Å². The zero-order valence-corrected chi connectivity index (χ0v) is 10.2. The van der Waals surface area contributed by atoms with Gasteiger partial charge in [0.1, 0.15) is 5.56 Å². The molecule has 0 aliphatic rings. The number of hydrogen-bond donors (Lipinski definition) is 1. The standard InChI is InChI=1S/C11H13NO6/c1-16-5-8-6(10(14)17-2)4-7(9(13)12-8)11(15)18-3/h4H,5H2,1-3H3,(H,12,13). The Labute approximate surface area is 103 Å². The molecule has 0 saturated heterocycles. The maximum Gasteiger partial charge on any atom is 0.343 e. The number of aromatic hydroxyl groups is 1. The Balaban J connectivity index is 3.35. The first-order chi connectivity index (χ1) is 8.54. The maximum absolute atomic E-state index is 11.5. The van der Waals surface area contributed by atoms with E-state index in [1.54, 1.807) is 0 Å². The van der Waals surface area contributed by atoms with Crippen LogP contribution in [-0.4, -0.2) is 43.4 Å². The molecule has 0 radical (unpaired) electrons. The highest BCUT2D eigenvalue weighted by Crippen LogP contribution is 2.21. The number of methoxy groups -OCH3 is 3. The lowest BCUT2D eigenvalue weighted by molar-refractivity contribution is 0.0591. The van der Waals surface area contributed by atoms with Crippen LogP contribution >= 0.6 is 0 Å². The molecule has 0 aromatic carbocycles. The fourth-order valence-corrected chi connectivity index (χ4v) is 1.33. The fraction of sp³-hybridized carbons (Fsp3) is 0.364. The van der Waals surface area contributed by atoms with E-state index in [0.29, 0.717) is 0 Å². The molecule has 1 rings (SSSR count). The first kappa shape index (κ1) is 13.9. The first-order valence-corrected chi connectivity index (χ1v) is 4.93. The number of esters is 2. The van der Waals surface area contributed by atoms with Crippen molar-refractivity contribution in [3.63, 3.8) is 0 Å². The van der Waals surface area contributed by atoms with Crippen LogP contribution in [0.15, 0.2) is 6.07 Å². The van der Waals surface area contributed by atoms with Gasteiger partial charge in [0.25, 0.3) is 0 Å². The van der Waals surface area contributed by atoms with Crippen LogP contribution in [0.3, 0.4) is 0 Å². The molecular formula is C11H13NO6. The largest absolute Gasteiger partial charge is 0.493 e. The molecule has 1 N–H and O–H groups in total. The van der Waals surface area contributed by atoms with Gasteiger partial charge in [-0.15, -0.1) is 0 Å². The van der Waals surface area contributed by atoms with Crippen LogP contribution in [0.5, 0.6) is 5.88 Å². The number of hydrogen-bond acceptors (Lipinski definition) is 7. The zero-order chi connectivity index (χ0) is 13.7. The quantitative estimate of drug-likeness (QED) is 0.783. The summed E-state index contributed by atoms with van der Waals surface area (Å²) in [5.74, 6) is -2.00. The van der Waals surface area contributed by atoms with Gasteiger partial charge < -0.3 is 19.3 Å². The number of carbonyl (C=O) groups excluding carboxylic acids is 2. The minimum atomic E-state index is -0.797. The van der Waals surface area contributed by atoms with E-state index in [1.807, 2.05) is 0 Å². The molecule has 18 heavy (non-hydrogen) atoms. The predicted octanol–water partition coefficient (Wildman–Crippen LogP) is 0.507. The van der Waals surface area contributed by atoms with Gasteiger partial charge in [0.15, 0.2) is 0 Å². The van der Waals surface area contributed by atoms with Crippen molar-refractivity contribution in [1.29, 1.82) is 0 Å².